The summed E-state index contributed by atoms with van der Waals surface area (Å²) in [5.74, 6) is 2.30. The average molecular weight is 341 g/mol. The van der Waals surface area contributed by atoms with Gasteiger partial charge in [0.25, 0.3) is 0 Å². The van der Waals surface area contributed by atoms with Crippen molar-refractivity contribution in [3.05, 3.63) is 64.7 Å². The van der Waals surface area contributed by atoms with Gasteiger partial charge in [-0.1, -0.05) is 35.9 Å². The second kappa shape index (κ2) is 6.53. The number of rotatable bonds is 3. The molecule has 0 unspecified atom stereocenters. The number of anilines is 2. The third-order valence-electron chi connectivity index (χ3n) is 4.08. The van der Waals surface area contributed by atoms with Crippen molar-refractivity contribution < 1.29 is 4.74 Å². The van der Waals surface area contributed by atoms with Crippen LogP contribution in [-0.2, 0) is 6.54 Å². The van der Waals surface area contributed by atoms with E-state index in [0.29, 0.717) is 19.0 Å². The molecule has 0 saturated carbocycles. The predicted octanol–water partition coefficient (Wildman–Crippen LogP) is 4.15. The van der Waals surface area contributed by atoms with Gasteiger partial charge in [0.1, 0.15) is 17.8 Å². The van der Waals surface area contributed by atoms with Gasteiger partial charge in [-0.05, 0) is 24.1 Å². The molecule has 0 spiro atoms. The fraction of sp³-hybridized carbons (Fsp3) is 0.222. The Kier molecular flexibility index (Phi) is 4.09. The van der Waals surface area contributed by atoms with Crippen molar-refractivity contribution in [1.82, 2.24) is 9.97 Å². The topological polar surface area (TPSA) is 59.1 Å². The number of ether oxygens (including phenoxy) is 1. The number of nitrogens with zero attached hydrogens (tertiary/aromatic N) is 2. The first-order chi connectivity index (χ1) is 11.8. The van der Waals surface area contributed by atoms with E-state index >= 15 is 0 Å². The van der Waals surface area contributed by atoms with Crippen molar-refractivity contribution in [2.45, 2.75) is 19.4 Å². The predicted molar refractivity (Wildman–Crippen MR) is 95.3 cm³/mol. The normalized spacial score (nSPS) is 15.7. The summed E-state index contributed by atoms with van der Waals surface area (Å²) in [6.07, 6.45) is 7.72. The molecule has 0 atom stereocenters. The zero-order valence-corrected chi connectivity index (χ0v) is 13.8. The van der Waals surface area contributed by atoms with Crippen LogP contribution in [0.15, 0.2) is 54.1 Å². The molecular formula is C18H17ClN4O. The highest BCUT2D eigenvalue weighted by Gasteiger charge is 2.21. The lowest BCUT2D eigenvalue weighted by atomic mass is 10.1. The van der Waals surface area contributed by atoms with Crippen molar-refractivity contribution in [1.29, 1.82) is 0 Å². The first-order valence-corrected chi connectivity index (χ1v) is 8.31. The van der Waals surface area contributed by atoms with Crippen molar-refractivity contribution in [3.8, 4) is 5.88 Å². The number of hydrogen-bond donors (Lipinski definition) is 2. The molecule has 6 heteroatoms. The van der Waals surface area contributed by atoms with E-state index in [1.807, 2.05) is 24.3 Å². The van der Waals surface area contributed by atoms with Crippen LogP contribution in [0.4, 0.5) is 11.5 Å². The summed E-state index contributed by atoms with van der Waals surface area (Å²) in [6, 6.07) is 7.74. The molecule has 24 heavy (non-hydrogen) atoms. The maximum absolute atomic E-state index is 6.03. The van der Waals surface area contributed by atoms with Gasteiger partial charge < -0.3 is 15.4 Å². The monoisotopic (exact) mass is 340 g/mol. The summed E-state index contributed by atoms with van der Waals surface area (Å²) >= 11 is 5.92. The van der Waals surface area contributed by atoms with Crippen molar-refractivity contribution >= 4 is 23.1 Å². The summed E-state index contributed by atoms with van der Waals surface area (Å²) in [4.78, 5) is 8.64. The number of benzene rings is 1. The van der Waals surface area contributed by atoms with Crippen molar-refractivity contribution in [2.75, 3.05) is 17.2 Å². The van der Waals surface area contributed by atoms with Gasteiger partial charge in [0.2, 0.25) is 5.88 Å². The Morgan fingerprint density at radius 2 is 2.08 bits per heavy atom. The van der Waals surface area contributed by atoms with E-state index in [4.69, 9.17) is 16.3 Å². The van der Waals surface area contributed by atoms with Crippen LogP contribution in [-0.4, -0.2) is 16.5 Å². The number of hydrogen-bond acceptors (Lipinski definition) is 5. The Balaban J connectivity index is 1.55. The van der Waals surface area contributed by atoms with Crippen molar-refractivity contribution in [3.63, 3.8) is 0 Å². The van der Waals surface area contributed by atoms with Crippen LogP contribution in [0.2, 0.25) is 5.02 Å². The minimum atomic E-state index is 0.573. The number of fused-ring (bicyclic) bond motifs is 1. The molecule has 4 rings (SSSR count). The van der Waals surface area contributed by atoms with Crippen LogP contribution in [0.5, 0.6) is 5.88 Å². The molecule has 2 aliphatic rings. The average Bonchev–Trinajstić information content (AvgIpc) is 2.80. The molecule has 2 aromatic rings. The summed E-state index contributed by atoms with van der Waals surface area (Å²) in [6.45, 7) is 1.36. The van der Waals surface area contributed by atoms with Gasteiger partial charge >= 0.3 is 0 Å². The van der Waals surface area contributed by atoms with Gasteiger partial charge in [0, 0.05) is 30.1 Å². The molecular weight excluding hydrogens is 324 g/mol. The lowest BCUT2D eigenvalue weighted by Crippen LogP contribution is -2.09. The lowest BCUT2D eigenvalue weighted by Gasteiger charge is -2.14. The molecule has 0 saturated heterocycles. The minimum absolute atomic E-state index is 0.573. The van der Waals surface area contributed by atoms with Crippen LogP contribution in [0.3, 0.4) is 0 Å². The highest BCUT2D eigenvalue weighted by molar-refractivity contribution is 6.30. The molecule has 0 amide bonds. The molecule has 1 aromatic carbocycles. The van der Waals surface area contributed by atoms with Gasteiger partial charge in [0.05, 0.1) is 0 Å². The zero-order valence-electron chi connectivity index (χ0n) is 13.1. The van der Waals surface area contributed by atoms with E-state index in [-0.39, 0.29) is 0 Å². The van der Waals surface area contributed by atoms with Crippen LogP contribution in [0, 0.1) is 0 Å². The zero-order chi connectivity index (χ0) is 16.4. The molecule has 1 aliphatic carbocycles. The first kappa shape index (κ1) is 15.0. The molecule has 2 heterocycles. The van der Waals surface area contributed by atoms with Crippen LogP contribution < -0.4 is 15.4 Å². The van der Waals surface area contributed by atoms with Gasteiger partial charge in [-0.15, -0.1) is 0 Å². The third-order valence-corrected chi connectivity index (χ3v) is 4.33. The molecule has 2 N–H and O–H groups in total. The van der Waals surface area contributed by atoms with Gasteiger partial charge in [-0.2, -0.15) is 4.98 Å². The van der Waals surface area contributed by atoms with E-state index < -0.39 is 0 Å². The van der Waals surface area contributed by atoms with Crippen LogP contribution >= 0.6 is 11.6 Å². The molecule has 1 aromatic heterocycles. The Morgan fingerprint density at radius 3 is 2.96 bits per heavy atom. The SMILES string of the molecule is Clc1ccc(CNc2ncnc3c2NCC2=C(CCC=C2)O3)cc1. The number of nitrogens with one attached hydrogen (secondary N) is 2. The maximum atomic E-state index is 6.03. The molecule has 0 fully saturated rings. The lowest BCUT2D eigenvalue weighted by molar-refractivity contribution is 0.387. The van der Waals surface area contributed by atoms with E-state index in [1.54, 1.807) is 0 Å². The Morgan fingerprint density at radius 1 is 1.21 bits per heavy atom. The highest BCUT2D eigenvalue weighted by atomic mass is 35.5. The number of halogens is 1. The summed E-state index contributed by atoms with van der Waals surface area (Å²) in [5.41, 5.74) is 3.10. The highest BCUT2D eigenvalue weighted by Crippen LogP contribution is 2.35. The summed E-state index contributed by atoms with van der Waals surface area (Å²) in [5, 5.41) is 7.47. The molecule has 1 aliphatic heterocycles. The number of aromatic nitrogens is 2. The van der Waals surface area contributed by atoms with Gasteiger partial charge in [0.15, 0.2) is 5.82 Å². The quantitative estimate of drug-likeness (QED) is 0.879. The van der Waals surface area contributed by atoms with E-state index in [2.05, 4.69) is 32.8 Å². The molecule has 122 valence electrons. The smallest absolute Gasteiger partial charge is 0.247 e. The maximum Gasteiger partial charge on any atom is 0.247 e. The van der Waals surface area contributed by atoms with Gasteiger partial charge in [-0.25, -0.2) is 4.98 Å². The van der Waals surface area contributed by atoms with E-state index in [9.17, 15) is 0 Å². The first-order valence-electron chi connectivity index (χ1n) is 7.93. The third kappa shape index (κ3) is 3.08. The summed E-state index contributed by atoms with van der Waals surface area (Å²) in [7, 11) is 0. The molecule has 0 radical (unpaired) electrons. The van der Waals surface area contributed by atoms with Gasteiger partial charge in [-0.3, -0.25) is 0 Å². The number of allylic oxidation sites excluding steroid dienone is 2. The second-order valence-corrected chi connectivity index (χ2v) is 6.16. The standard InChI is InChI=1S/C18H17ClN4O/c19-14-7-5-12(6-8-14)9-21-17-16-18(23-11-22-17)24-15-4-2-1-3-13(15)10-20-16/h1,3,5-8,11,20H,2,4,9-10H2,(H,21,22,23). The molecule has 5 nitrogen and oxygen atoms in total. The van der Waals surface area contributed by atoms with Crippen LogP contribution in [0.1, 0.15) is 18.4 Å². The second-order valence-electron chi connectivity index (χ2n) is 5.73. The summed E-state index contributed by atoms with van der Waals surface area (Å²) < 4.78 is 6.03. The largest absolute Gasteiger partial charge is 0.441 e. The van der Waals surface area contributed by atoms with E-state index in [1.165, 1.54) is 11.9 Å². The van der Waals surface area contributed by atoms with E-state index in [0.717, 1.165) is 40.7 Å². The Hall–Kier alpha value is -2.53. The Bertz CT molecular complexity index is 814. The van der Waals surface area contributed by atoms with Crippen LogP contribution in [0.25, 0.3) is 0 Å². The fourth-order valence-electron chi connectivity index (χ4n) is 2.80. The van der Waals surface area contributed by atoms with Crippen molar-refractivity contribution in [2.24, 2.45) is 0 Å². The fourth-order valence-corrected chi connectivity index (χ4v) is 2.92. The molecule has 0 bridgehead atoms. The minimum Gasteiger partial charge on any atom is -0.441 e. The Labute approximate surface area is 145 Å².